The van der Waals surface area contributed by atoms with Crippen molar-refractivity contribution < 1.29 is 14.3 Å². The van der Waals surface area contributed by atoms with E-state index in [0.29, 0.717) is 24.7 Å². The summed E-state index contributed by atoms with van der Waals surface area (Å²) in [5, 5.41) is 2.82. The van der Waals surface area contributed by atoms with Crippen LogP contribution in [-0.4, -0.2) is 77.5 Å². The van der Waals surface area contributed by atoms with Crippen molar-refractivity contribution >= 4 is 17.8 Å². The zero-order valence-corrected chi connectivity index (χ0v) is 14.6. The van der Waals surface area contributed by atoms with Crippen molar-refractivity contribution in [3.8, 4) is 0 Å². The summed E-state index contributed by atoms with van der Waals surface area (Å²) in [6.45, 7) is 2.68. The van der Waals surface area contributed by atoms with Gasteiger partial charge in [0.2, 0.25) is 5.95 Å². The molecule has 1 atom stereocenters. The van der Waals surface area contributed by atoms with Gasteiger partial charge in [0, 0.05) is 39.1 Å². The van der Waals surface area contributed by atoms with Crippen LogP contribution in [0.3, 0.4) is 0 Å². The van der Waals surface area contributed by atoms with Crippen molar-refractivity contribution in [2.75, 3.05) is 45.2 Å². The zero-order chi connectivity index (χ0) is 17.6. The molecule has 0 spiro atoms. The van der Waals surface area contributed by atoms with Gasteiger partial charge >= 0.3 is 0 Å². The van der Waals surface area contributed by atoms with E-state index >= 15 is 0 Å². The quantitative estimate of drug-likeness (QED) is 0.869. The van der Waals surface area contributed by atoms with E-state index in [2.05, 4.69) is 15.3 Å². The van der Waals surface area contributed by atoms with Gasteiger partial charge in [0.1, 0.15) is 0 Å². The number of amides is 2. The van der Waals surface area contributed by atoms with Gasteiger partial charge in [-0.1, -0.05) is 12.8 Å². The van der Waals surface area contributed by atoms with E-state index in [0.717, 1.165) is 25.9 Å². The first-order valence-electron chi connectivity index (χ1n) is 8.88. The first-order valence-corrected chi connectivity index (χ1v) is 8.88. The van der Waals surface area contributed by atoms with Crippen LogP contribution >= 0.6 is 0 Å². The Morgan fingerprint density at radius 1 is 1.08 bits per heavy atom. The van der Waals surface area contributed by atoms with Gasteiger partial charge in [0.25, 0.3) is 11.8 Å². The summed E-state index contributed by atoms with van der Waals surface area (Å²) < 4.78 is 5.66. The number of morpholine rings is 1. The Morgan fingerprint density at radius 3 is 2.40 bits per heavy atom. The second-order valence-electron chi connectivity index (χ2n) is 6.40. The fraction of sp³-hybridized carbons (Fsp3) is 0.647. The fourth-order valence-corrected chi connectivity index (χ4v) is 3.23. The lowest BCUT2D eigenvalue weighted by atomic mass is 10.2. The lowest BCUT2D eigenvalue weighted by Crippen LogP contribution is -2.52. The van der Waals surface area contributed by atoms with Crippen LogP contribution in [0.5, 0.6) is 0 Å². The highest BCUT2D eigenvalue weighted by Crippen LogP contribution is 2.16. The summed E-state index contributed by atoms with van der Waals surface area (Å²) in [6.07, 6.45) is 6.84. The minimum absolute atomic E-state index is 0.00109. The molecule has 2 aliphatic heterocycles. The highest BCUT2D eigenvalue weighted by atomic mass is 16.5. The van der Waals surface area contributed by atoms with Gasteiger partial charge in [-0.05, 0) is 12.8 Å². The van der Waals surface area contributed by atoms with Gasteiger partial charge in [-0.3, -0.25) is 9.59 Å². The molecule has 8 nitrogen and oxygen atoms in total. The largest absolute Gasteiger partial charge is 0.365 e. The summed E-state index contributed by atoms with van der Waals surface area (Å²) in [7, 11) is 1.72. The van der Waals surface area contributed by atoms with Gasteiger partial charge in [0.05, 0.1) is 18.7 Å². The van der Waals surface area contributed by atoms with Gasteiger partial charge < -0.3 is 19.9 Å². The van der Waals surface area contributed by atoms with Gasteiger partial charge in [-0.25, -0.2) is 9.97 Å². The number of hydrogen-bond acceptors (Lipinski definition) is 6. The van der Waals surface area contributed by atoms with E-state index in [4.69, 9.17) is 4.74 Å². The smallest absolute Gasteiger partial charge is 0.257 e. The van der Waals surface area contributed by atoms with E-state index < -0.39 is 6.10 Å². The number of rotatable bonds is 3. The topological polar surface area (TPSA) is 87.7 Å². The Balaban J connectivity index is 1.63. The molecular weight excluding hydrogens is 322 g/mol. The summed E-state index contributed by atoms with van der Waals surface area (Å²) >= 11 is 0. The van der Waals surface area contributed by atoms with Gasteiger partial charge in [-0.15, -0.1) is 0 Å². The Morgan fingerprint density at radius 2 is 1.76 bits per heavy atom. The first kappa shape index (κ1) is 17.6. The highest BCUT2D eigenvalue weighted by Gasteiger charge is 2.32. The van der Waals surface area contributed by atoms with Crippen molar-refractivity contribution in [1.29, 1.82) is 0 Å². The molecule has 0 bridgehead atoms. The summed E-state index contributed by atoms with van der Waals surface area (Å²) in [6, 6.07) is 0. The number of hydrogen-bond donors (Lipinski definition) is 1. The number of carbonyl (C=O) groups excluding carboxylic acids is 2. The maximum Gasteiger partial charge on any atom is 0.257 e. The van der Waals surface area contributed by atoms with Gasteiger partial charge in [0.15, 0.2) is 6.10 Å². The number of nitrogens with zero attached hydrogens (tertiary/aromatic N) is 4. The number of carbonyl (C=O) groups is 2. The molecule has 1 unspecified atom stereocenters. The van der Waals surface area contributed by atoms with Crippen LogP contribution in [0.15, 0.2) is 12.4 Å². The van der Waals surface area contributed by atoms with Crippen molar-refractivity contribution in [2.24, 2.45) is 0 Å². The molecule has 136 valence electrons. The average molecular weight is 347 g/mol. The second kappa shape index (κ2) is 8.24. The predicted molar refractivity (Wildman–Crippen MR) is 92.3 cm³/mol. The van der Waals surface area contributed by atoms with Crippen molar-refractivity contribution in [3.63, 3.8) is 0 Å². The minimum Gasteiger partial charge on any atom is -0.365 e. The molecule has 2 amide bonds. The molecule has 2 saturated heterocycles. The molecule has 0 aliphatic carbocycles. The summed E-state index contributed by atoms with van der Waals surface area (Å²) in [4.78, 5) is 37.1. The number of aromatic nitrogens is 2. The standard InChI is InChI=1S/C17H25N5O3/c1-18-17-19-10-13(11-20-17)15(23)22-8-9-25-14(12-22)16(24)21-6-4-2-3-5-7-21/h10-11,14H,2-9,12H2,1H3,(H,18,19,20). The third-order valence-electron chi connectivity index (χ3n) is 4.67. The minimum atomic E-state index is -0.576. The molecule has 25 heavy (non-hydrogen) atoms. The van der Waals surface area contributed by atoms with Crippen LogP contribution in [0.4, 0.5) is 5.95 Å². The summed E-state index contributed by atoms with van der Waals surface area (Å²) in [5.74, 6) is 0.300. The monoisotopic (exact) mass is 347 g/mol. The van der Waals surface area contributed by atoms with Crippen LogP contribution in [0.25, 0.3) is 0 Å². The van der Waals surface area contributed by atoms with Crippen molar-refractivity contribution in [2.45, 2.75) is 31.8 Å². The molecule has 0 radical (unpaired) electrons. The number of nitrogens with one attached hydrogen (secondary N) is 1. The van der Waals surface area contributed by atoms with E-state index in [1.807, 2.05) is 4.90 Å². The summed E-state index contributed by atoms with van der Waals surface area (Å²) in [5.41, 5.74) is 0.418. The predicted octanol–water partition coefficient (Wildman–Crippen LogP) is 0.762. The van der Waals surface area contributed by atoms with Crippen LogP contribution in [0, 0.1) is 0 Å². The fourth-order valence-electron chi connectivity index (χ4n) is 3.23. The Bertz CT molecular complexity index is 599. The Labute approximate surface area is 147 Å². The number of ether oxygens (including phenoxy) is 1. The maximum absolute atomic E-state index is 12.7. The first-order chi connectivity index (χ1) is 12.2. The molecule has 1 aromatic rings. The molecule has 2 aliphatic rings. The lowest BCUT2D eigenvalue weighted by Gasteiger charge is -2.34. The molecule has 3 heterocycles. The lowest BCUT2D eigenvalue weighted by molar-refractivity contribution is -0.148. The average Bonchev–Trinajstić information content (AvgIpc) is 2.96. The molecule has 0 aromatic carbocycles. The molecular formula is C17H25N5O3. The van der Waals surface area contributed by atoms with Crippen LogP contribution in [0.1, 0.15) is 36.0 Å². The van der Waals surface area contributed by atoms with Crippen molar-refractivity contribution in [3.05, 3.63) is 18.0 Å². The Hall–Kier alpha value is -2.22. The third-order valence-corrected chi connectivity index (χ3v) is 4.67. The van der Waals surface area contributed by atoms with Crippen LogP contribution < -0.4 is 5.32 Å². The molecule has 2 fully saturated rings. The normalized spacial score (nSPS) is 21.6. The zero-order valence-electron chi connectivity index (χ0n) is 14.6. The van der Waals surface area contributed by atoms with Crippen LogP contribution in [-0.2, 0) is 9.53 Å². The van der Waals surface area contributed by atoms with E-state index in [1.54, 1.807) is 11.9 Å². The van der Waals surface area contributed by atoms with Gasteiger partial charge in [-0.2, -0.15) is 0 Å². The van der Waals surface area contributed by atoms with Crippen molar-refractivity contribution in [1.82, 2.24) is 19.8 Å². The highest BCUT2D eigenvalue weighted by molar-refractivity contribution is 5.94. The molecule has 1 N–H and O–H groups in total. The second-order valence-corrected chi connectivity index (χ2v) is 6.40. The van der Waals surface area contributed by atoms with E-state index in [1.165, 1.54) is 25.2 Å². The number of anilines is 1. The third kappa shape index (κ3) is 4.25. The number of likely N-dealkylation sites (tertiary alicyclic amines) is 1. The van der Waals surface area contributed by atoms with E-state index in [-0.39, 0.29) is 18.4 Å². The molecule has 3 rings (SSSR count). The van der Waals surface area contributed by atoms with E-state index in [9.17, 15) is 9.59 Å². The Kier molecular flexibility index (Phi) is 5.80. The SMILES string of the molecule is CNc1ncc(C(=O)N2CCOC(C(=O)N3CCCCCC3)C2)cn1. The molecule has 1 aromatic heterocycles. The molecule has 8 heteroatoms. The van der Waals surface area contributed by atoms with Crippen LogP contribution in [0.2, 0.25) is 0 Å². The molecule has 0 saturated carbocycles. The maximum atomic E-state index is 12.7.